The first-order chi connectivity index (χ1) is 13.5. The molecule has 1 fully saturated rings. The second-order valence-electron chi connectivity index (χ2n) is 6.58. The molecule has 29 heavy (non-hydrogen) atoms. The summed E-state index contributed by atoms with van der Waals surface area (Å²) >= 11 is 0. The molecule has 162 valence electrons. The van der Waals surface area contributed by atoms with E-state index in [1.54, 1.807) is 0 Å². The van der Waals surface area contributed by atoms with Crippen LogP contribution in [0.5, 0.6) is 0 Å². The summed E-state index contributed by atoms with van der Waals surface area (Å²) in [6.07, 6.45) is 0.0420. The van der Waals surface area contributed by atoms with E-state index >= 15 is 0 Å². The van der Waals surface area contributed by atoms with Crippen molar-refractivity contribution in [1.29, 1.82) is 0 Å². The lowest BCUT2D eigenvalue weighted by Crippen LogP contribution is -2.53. The van der Waals surface area contributed by atoms with Crippen LogP contribution in [0.15, 0.2) is 0 Å². The molecule has 0 aliphatic carbocycles. The molecule has 0 aromatic rings. The largest absolute Gasteiger partial charge is 0.481 e. The molecule has 0 bridgehead atoms. The highest BCUT2D eigenvalue weighted by molar-refractivity contribution is 5.93. The Labute approximate surface area is 165 Å². The first-order valence-corrected chi connectivity index (χ1v) is 8.89. The van der Waals surface area contributed by atoms with Crippen molar-refractivity contribution in [3.63, 3.8) is 0 Å². The first kappa shape index (κ1) is 23.8. The maximum Gasteiger partial charge on any atom is 0.326 e. The lowest BCUT2D eigenvalue weighted by molar-refractivity contribution is -0.147. The summed E-state index contributed by atoms with van der Waals surface area (Å²) in [6, 6.07) is -3.49. The Balaban J connectivity index is 2.58. The molecule has 0 saturated carbocycles. The standard InChI is InChI=1S/C16H25N5O8/c17-8(3-4-11(18)22)15(27)21-5-1-2-10(21)14(26)19-7-12(23)20-9(16(28)29)6-13(24)25/h8-10H,1-7,17H2,(H2,18,22)(H,19,26)(H,20,23)(H,24,25)(H,28,29). The molecule has 0 aromatic heterocycles. The van der Waals surface area contributed by atoms with E-state index in [0.717, 1.165) is 0 Å². The number of carbonyl (C=O) groups is 6. The molecule has 1 heterocycles. The van der Waals surface area contributed by atoms with Gasteiger partial charge >= 0.3 is 11.9 Å². The predicted molar refractivity (Wildman–Crippen MR) is 96.0 cm³/mol. The van der Waals surface area contributed by atoms with Gasteiger partial charge in [0.2, 0.25) is 23.6 Å². The lowest BCUT2D eigenvalue weighted by atomic mass is 10.1. The molecule has 4 amide bonds. The molecular formula is C16H25N5O8. The molecule has 0 spiro atoms. The highest BCUT2D eigenvalue weighted by Crippen LogP contribution is 2.19. The summed E-state index contributed by atoms with van der Waals surface area (Å²) in [4.78, 5) is 70.2. The Morgan fingerprint density at radius 3 is 2.34 bits per heavy atom. The number of carboxylic acids is 2. The quantitative estimate of drug-likeness (QED) is 0.199. The maximum absolute atomic E-state index is 12.4. The Morgan fingerprint density at radius 2 is 1.79 bits per heavy atom. The zero-order chi connectivity index (χ0) is 22.1. The molecule has 3 unspecified atom stereocenters. The molecule has 13 nitrogen and oxygen atoms in total. The van der Waals surface area contributed by atoms with E-state index in [1.165, 1.54) is 4.90 Å². The van der Waals surface area contributed by atoms with Gasteiger partial charge in [0.05, 0.1) is 19.0 Å². The molecule has 1 aliphatic rings. The van der Waals surface area contributed by atoms with Crippen LogP contribution < -0.4 is 22.1 Å². The van der Waals surface area contributed by atoms with Crippen molar-refractivity contribution >= 4 is 35.6 Å². The van der Waals surface area contributed by atoms with Gasteiger partial charge in [0.1, 0.15) is 12.1 Å². The van der Waals surface area contributed by atoms with E-state index in [1.807, 2.05) is 5.32 Å². The number of hydrogen-bond donors (Lipinski definition) is 6. The topological polar surface area (TPSA) is 222 Å². The zero-order valence-corrected chi connectivity index (χ0v) is 15.6. The van der Waals surface area contributed by atoms with Crippen molar-refractivity contribution in [2.75, 3.05) is 13.1 Å². The Bertz CT molecular complexity index is 682. The molecular weight excluding hydrogens is 390 g/mol. The fourth-order valence-electron chi connectivity index (χ4n) is 2.84. The monoisotopic (exact) mass is 415 g/mol. The van der Waals surface area contributed by atoms with Crippen LogP contribution in [0.1, 0.15) is 32.1 Å². The minimum absolute atomic E-state index is 0.0432. The van der Waals surface area contributed by atoms with Crippen molar-refractivity contribution in [1.82, 2.24) is 15.5 Å². The van der Waals surface area contributed by atoms with Gasteiger partial charge in [0, 0.05) is 13.0 Å². The van der Waals surface area contributed by atoms with Crippen molar-refractivity contribution < 1.29 is 39.0 Å². The van der Waals surface area contributed by atoms with Gasteiger partial charge in [-0.3, -0.25) is 24.0 Å². The molecule has 0 radical (unpaired) electrons. The maximum atomic E-state index is 12.4. The highest BCUT2D eigenvalue weighted by atomic mass is 16.4. The van der Waals surface area contributed by atoms with Gasteiger partial charge in [-0.05, 0) is 19.3 Å². The number of nitrogens with zero attached hydrogens (tertiary/aromatic N) is 1. The number of nitrogens with one attached hydrogen (secondary N) is 2. The second-order valence-corrected chi connectivity index (χ2v) is 6.58. The molecule has 1 aliphatic heterocycles. The molecule has 1 rings (SSSR count). The van der Waals surface area contributed by atoms with Crippen molar-refractivity contribution in [3.8, 4) is 0 Å². The van der Waals surface area contributed by atoms with E-state index < -0.39 is 66.7 Å². The van der Waals surface area contributed by atoms with Crippen molar-refractivity contribution in [2.24, 2.45) is 11.5 Å². The summed E-state index contributed by atoms with van der Waals surface area (Å²) in [7, 11) is 0. The number of likely N-dealkylation sites (tertiary alicyclic amines) is 1. The number of rotatable bonds is 11. The van der Waals surface area contributed by atoms with Crippen LogP contribution in [0.25, 0.3) is 0 Å². The number of carbonyl (C=O) groups excluding carboxylic acids is 4. The lowest BCUT2D eigenvalue weighted by Gasteiger charge is -2.26. The Hall–Kier alpha value is -3.22. The van der Waals surface area contributed by atoms with Crippen molar-refractivity contribution in [3.05, 3.63) is 0 Å². The first-order valence-electron chi connectivity index (χ1n) is 8.89. The summed E-state index contributed by atoms with van der Waals surface area (Å²) in [5, 5.41) is 21.8. The van der Waals surface area contributed by atoms with Crippen LogP contribution in [-0.2, 0) is 28.8 Å². The smallest absolute Gasteiger partial charge is 0.326 e. The van der Waals surface area contributed by atoms with Crippen LogP contribution in [0.4, 0.5) is 0 Å². The van der Waals surface area contributed by atoms with Gasteiger partial charge in [-0.15, -0.1) is 0 Å². The average Bonchev–Trinajstić information content (AvgIpc) is 3.12. The van der Waals surface area contributed by atoms with Crippen LogP contribution in [-0.4, -0.2) is 81.9 Å². The normalized spacial score (nSPS) is 17.8. The minimum Gasteiger partial charge on any atom is -0.481 e. The van der Waals surface area contributed by atoms with E-state index in [0.29, 0.717) is 12.8 Å². The van der Waals surface area contributed by atoms with Gasteiger partial charge in [-0.2, -0.15) is 0 Å². The predicted octanol–water partition coefficient (Wildman–Crippen LogP) is -3.27. The van der Waals surface area contributed by atoms with Gasteiger partial charge < -0.3 is 37.2 Å². The number of aliphatic carboxylic acids is 2. The van der Waals surface area contributed by atoms with Gasteiger partial charge in [-0.1, -0.05) is 0 Å². The third-order valence-electron chi connectivity index (χ3n) is 4.29. The SMILES string of the molecule is NC(=O)CCC(N)C(=O)N1CCCC1C(=O)NCC(=O)NC(CC(=O)O)C(=O)O. The summed E-state index contributed by atoms with van der Waals surface area (Å²) in [5.41, 5.74) is 10.8. The van der Waals surface area contributed by atoms with E-state index in [-0.39, 0.29) is 19.4 Å². The summed E-state index contributed by atoms with van der Waals surface area (Å²) in [5.74, 6) is -5.56. The average molecular weight is 415 g/mol. The van der Waals surface area contributed by atoms with Crippen LogP contribution >= 0.6 is 0 Å². The van der Waals surface area contributed by atoms with Crippen LogP contribution in [0, 0.1) is 0 Å². The fraction of sp³-hybridized carbons (Fsp3) is 0.625. The number of primary amides is 1. The molecule has 13 heteroatoms. The number of carboxylic acid groups (broad SMARTS) is 2. The minimum atomic E-state index is -1.63. The molecule has 8 N–H and O–H groups in total. The summed E-state index contributed by atoms with van der Waals surface area (Å²) in [6.45, 7) is -0.304. The van der Waals surface area contributed by atoms with Gasteiger partial charge in [-0.25, -0.2) is 4.79 Å². The third kappa shape index (κ3) is 7.73. The molecule has 1 saturated heterocycles. The van der Waals surface area contributed by atoms with Crippen LogP contribution in [0.3, 0.4) is 0 Å². The summed E-state index contributed by atoms with van der Waals surface area (Å²) < 4.78 is 0. The number of amides is 4. The van der Waals surface area contributed by atoms with E-state index in [4.69, 9.17) is 21.7 Å². The van der Waals surface area contributed by atoms with Crippen molar-refractivity contribution in [2.45, 2.75) is 50.2 Å². The zero-order valence-electron chi connectivity index (χ0n) is 15.6. The van der Waals surface area contributed by atoms with Gasteiger partial charge in [0.25, 0.3) is 0 Å². The Morgan fingerprint density at radius 1 is 1.14 bits per heavy atom. The van der Waals surface area contributed by atoms with Gasteiger partial charge in [0.15, 0.2) is 0 Å². The third-order valence-corrected chi connectivity index (χ3v) is 4.29. The number of hydrogen-bond acceptors (Lipinski definition) is 7. The van der Waals surface area contributed by atoms with E-state index in [2.05, 4.69) is 5.32 Å². The highest BCUT2D eigenvalue weighted by Gasteiger charge is 2.36. The molecule has 0 aromatic carbocycles. The molecule has 3 atom stereocenters. The second kappa shape index (κ2) is 10.9. The Kier molecular flexibility index (Phi) is 8.99. The fourth-order valence-corrected chi connectivity index (χ4v) is 2.84. The van der Waals surface area contributed by atoms with Crippen LogP contribution in [0.2, 0.25) is 0 Å². The van der Waals surface area contributed by atoms with E-state index in [9.17, 15) is 28.8 Å². The number of nitrogens with two attached hydrogens (primary N) is 2.